The predicted molar refractivity (Wildman–Crippen MR) is 193 cm³/mol. The zero-order valence-electron chi connectivity index (χ0n) is 27.7. The molecule has 1 atom stereocenters. The van der Waals surface area contributed by atoms with Crippen molar-refractivity contribution >= 4 is 50.7 Å². The molecule has 0 radical (unpaired) electrons. The highest BCUT2D eigenvalue weighted by atomic mass is 35.5. The van der Waals surface area contributed by atoms with Crippen molar-refractivity contribution < 1.29 is 18.0 Å². The van der Waals surface area contributed by atoms with Crippen LogP contribution in [0.1, 0.15) is 68.6 Å². The molecule has 0 saturated heterocycles. The van der Waals surface area contributed by atoms with E-state index in [1.807, 2.05) is 49.4 Å². The van der Waals surface area contributed by atoms with Gasteiger partial charge in [0.1, 0.15) is 12.6 Å². The Morgan fingerprint density at radius 2 is 1.54 bits per heavy atom. The largest absolute Gasteiger partial charge is 0.354 e. The molecule has 2 amide bonds. The highest BCUT2D eigenvalue weighted by Crippen LogP contribution is 2.60. The van der Waals surface area contributed by atoms with Gasteiger partial charge in [-0.05, 0) is 109 Å². The molecule has 7 rings (SSSR count). The van der Waals surface area contributed by atoms with Crippen LogP contribution in [0.25, 0.3) is 0 Å². The number of halogens is 2. The molecule has 4 fully saturated rings. The van der Waals surface area contributed by atoms with E-state index < -0.39 is 28.5 Å². The molecule has 4 bridgehead atoms. The lowest BCUT2D eigenvalue weighted by Gasteiger charge is -2.57. The second-order valence-electron chi connectivity index (χ2n) is 14.3. The first-order valence-corrected chi connectivity index (χ1v) is 19.7. The van der Waals surface area contributed by atoms with Crippen molar-refractivity contribution in [2.75, 3.05) is 23.7 Å². The molecule has 4 aliphatic carbocycles. The van der Waals surface area contributed by atoms with Gasteiger partial charge >= 0.3 is 0 Å². The lowest BCUT2D eigenvalue weighted by molar-refractivity contribution is -0.140. The molecular weight excluding hydrogens is 665 g/mol. The van der Waals surface area contributed by atoms with Gasteiger partial charge in [-0.2, -0.15) is 0 Å². The summed E-state index contributed by atoms with van der Waals surface area (Å²) in [6.07, 6.45) is 9.74. The third-order valence-corrected chi connectivity index (χ3v) is 12.4. The highest BCUT2D eigenvalue weighted by Gasteiger charge is 2.51. The van der Waals surface area contributed by atoms with Crippen LogP contribution in [0, 0.1) is 17.8 Å². The van der Waals surface area contributed by atoms with Gasteiger partial charge in [0, 0.05) is 29.6 Å². The van der Waals surface area contributed by atoms with Gasteiger partial charge in [-0.3, -0.25) is 13.9 Å². The molecule has 48 heavy (non-hydrogen) atoms. The SMILES string of the molecule is CCCNC(=O)C(Cc1ccccc1)N(Cc1ccc(Cl)cc1Cl)C(=O)CN(c1ccc(C23CC4CC(CC(C4)C2)C3)cc1)S(C)(=O)=O. The van der Waals surface area contributed by atoms with Gasteiger partial charge in [0.15, 0.2) is 0 Å². The van der Waals surface area contributed by atoms with Gasteiger partial charge in [-0.15, -0.1) is 0 Å². The number of carbonyl (C=O) groups excluding carboxylic acids is 2. The Bertz CT molecular complexity index is 1700. The number of amides is 2. The normalized spacial score (nSPS) is 23.5. The second kappa shape index (κ2) is 14.4. The van der Waals surface area contributed by atoms with E-state index in [9.17, 15) is 18.0 Å². The molecule has 10 heteroatoms. The average molecular weight is 711 g/mol. The summed E-state index contributed by atoms with van der Waals surface area (Å²) in [4.78, 5) is 29.6. The van der Waals surface area contributed by atoms with Crippen LogP contribution in [0.3, 0.4) is 0 Å². The smallest absolute Gasteiger partial charge is 0.244 e. The van der Waals surface area contributed by atoms with E-state index in [2.05, 4.69) is 17.4 Å². The molecule has 256 valence electrons. The van der Waals surface area contributed by atoms with Crippen LogP contribution in [0.5, 0.6) is 0 Å². The summed E-state index contributed by atoms with van der Waals surface area (Å²) in [5, 5.41) is 3.76. The van der Waals surface area contributed by atoms with Gasteiger partial charge in [0.25, 0.3) is 0 Å². The maximum Gasteiger partial charge on any atom is 0.244 e. The van der Waals surface area contributed by atoms with Crippen LogP contribution in [0.2, 0.25) is 10.0 Å². The second-order valence-corrected chi connectivity index (χ2v) is 17.0. The molecule has 0 heterocycles. The van der Waals surface area contributed by atoms with E-state index in [1.165, 1.54) is 49.0 Å². The zero-order chi connectivity index (χ0) is 34.1. The lowest BCUT2D eigenvalue weighted by atomic mass is 9.48. The third-order valence-electron chi connectivity index (χ3n) is 10.7. The van der Waals surface area contributed by atoms with E-state index in [4.69, 9.17) is 23.2 Å². The van der Waals surface area contributed by atoms with Crippen molar-refractivity contribution in [3.8, 4) is 0 Å². The fourth-order valence-corrected chi connectivity index (χ4v) is 10.1. The van der Waals surface area contributed by atoms with E-state index in [1.54, 1.807) is 18.2 Å². The summed E-state index contributed by atoms with van der Waals surface area (Å²) in [7, 11) is -3.87. The van der Waals surface area contributed by atoms with Crippen molar-refractivity contribution in [1.82, 2.24) is 10.2 Å². The minimum absolute atomic E-state index is 0.00552. The molecule has 0 aliphatic heterocycles. The van der Waals surface area contributed by atoms with E-state index in [-0.39, 0.29) is 24.3 Å². The lowest BCUT2D eigenvalue weighted by Crippen LogP contribution is -2.53. The summed E-state index contributed by atoms with van der Waals surface area (Å²) >= 11 is 12.8. The van der Waals surface area contributed by atoms with E-state index in [0.29, 0.717) is 27.8 Å². The zero-order valence-corrected chi connectivity index (χ0v) is 30.0. The topological polar surface area (TPSA) is 86.8 Å². The van der Waals surface area contributed by atoms with Crippen LogP contribution < -0.4 is 9.62 Å². The van der Waals surface area contributed by atoms with Crippen molar-refractivity contribution in [2.24, 2.45) is 17.8 Å². The molecule has 3 aromatic carbocycles. The minimum Gasteiger partial charge on any atom is -0.354 e. The van der Waals surface area contributed by atoms with Crippen molar-refractivity contribution in [1.29, 1.82) is 0 Å². The first-order chi connectivity index (χ1) is 22.9. The summed E-state index contributed by atoms with van der Waals surface area (Å²) in [6.45, 7) is 1.93. The molecule has 4 saturated carbocycles. The number of rotatable bonds is 13. The van der Waals surface area contributed by atoms with Crippen LogP contribution in [0.4, 0.5) is 5.69 Å². The summed E-state index contributed by atoms with van der Waals surface area (Å²) in [6, 6.07) is 21.4. The van der Waals surface area contributed by atoms with Gasteiger partial charge in [0.05, 0.1) is 11.9 Å². The Morgan fingerprint density at radius 3 is 2.10 bits per heavy atom. The van der Waals surface area contributed by atoms with Gasteiger partial charge in [-0.1, -0.05) is 78.7 Å². The van der Waals surface area contributed by atoms with Crippen LogP contribution >= 0.6 is 23.2 Å². The number of benzene rings is 3. The Kier molecular flexibility index (Phi) is 10.4. The van der Waals surface area contributed by atoms with Crippen LogP contribution in [0.15, 0.2) is 72.8 Å². The predicted octanol–water partition coefficient (Wildman–Crippen LogP) is 7.39. The summed E-state index contributed by atoms with van der Waals surface area (Å²) in [5.74, 6) is 1.55. The van der Waals surface area contributed by atoms with Gasteiger partial charge in [-0.25, -0.2) is 8.42 Å². The Balaban J connectivity index is 1.31. The van der Waals surface area contributed by atoms with Crippen LogP contribution in [-0.4, -0.2) is 50.5 Å². The molecule has 1 N–H and O–H groups in total. The number of hydrogen-bond donors (Lipinski definition) is 1. The highest BCUT2D eigenvalue weighted by molar-refractivity contribution is 7.92. The van der Waals surface area contributed by atoms with E-state index >= 15 is 0 Å². The number of carbonyl (C=O) groups is 2. The number of nitrogens with one attached hydrogen (secondary N) is 1. The Morgan fingerprint density at radius 1 is 0.917 bits per heavy atom. The van der Waals surface area contributed by atoms with Gasteiger partial charge < -0.3 is 10.2 Å². The third kappa shape index (κ3) is 7.71. The quantitative estimate of drug-likeness (QED) is 0.201. The summed E-state index contributed by atoms with van der Waals surface area (Å²) < 4.78 is 27.8. The number of hydrogen-bond acceptors (Lipinski definition) is 4. The molecule has 4 aliphatic rings. The number of sulfonamides is 1. The first kappa shape index (κ1) is 34.8. The number of anilines is 1. The van der Waals surface area contributed by atoms with Crippen molar-refractivity contribution in [2.45, 2.75) is 76.3 Å². The molecule has 0 spiro atoms. The maximum atomic E-state index is 14.4. The fraction of sp³-hybridized carbons (Fsp3) is 0.474. The Hall–Kier alpha value is -3.07. The first-order valence-electron chi connectivity index (χ1n) is 17.1. The molecule has 1 unspecified atom stereocenters. The molecule has 7 nitrogen and oxygen atoms in total. The van der Waals surface area contributed by atoms with Gasteiger partial charge in [0.2, 0.25) is 21.8 Å². The summed E-state index contributed by atoms with van der Waals surface area (Å²) in [5.41, 5.74) is 3.35. The maximum absolute atomic E-state index is 14.4. The number of nitrogens with zero attached hydrogens (tertiary/aromatic N) is 2. The molecule has 3 aromatic rings. The average Bonchev–Trinajstić information content (AvgIpc) is 3.04. The molecule has 0 aromatic heterocycles. The Labute approximate surface area is 295 Å². The minimum atomic E-state index is -3.87. The van der Waals surface area contributed by atoms with E-state index in [0.717, 1.165) is 40.3 Å². The molecular formula is C38H45Cl2N3O4S. The van der Waals surface area contributed by atoms with Crippen LogP contribution in [-0.2, 0) is 38.0 Å². The fourth-order valence-electron chi connectivity index (χ4n) is 8.81. The standard InChI is InChI=1S/C38H45Cl2N3O4S/c1-3-15-41-37(45)35(19-26-7-5-4-6-8-26)42(24-30-9-12-32(39)20-34(30)40)36(44)25-43(48(2,46)47)33-13-10-31(11-14-33)38-21-27-16-28(22-38)18-29(17-27)23-38/h4-14,20,27-29,35H,3,15-19,21-25H2,1-2H3,(H,41,45). The van der Waals surface area contributed by atoms with Crippen molar-refractivity contribution in [3.63, 3.8) is 0 Å². The van der Waals surface area contributed by atoms with Crippen molar-refractivity contribution in [3.05, 3.63) is 99.5 Å². The monoisotopic (exact) mass is 709 g/mol.